The zero-order chi connectivity index (χ0) is 15.7. The van der Waals surface area contributed by atoms with Crippen molar-refractivity contribution < 1.29 is 14.7 Å². The lowest BCUT2D eigenvalue weighted by atomic mass is 9.83. The molecule has 0 spiro atoms. The first-order valence-electron chi connectivity index (χ1n) is 8.21. The molecule has 5 nitrogen and oxygen atoms in total. The Balaban J connectivity index is 2.12. The second kappa shape index (κ2) is 8.90. The van der Waals surface area contributed by atoms with Crippen molar-refractivity contribution in [2.24, 2.45) is 11.3 Å². The Labute approximate surface area is 127 Å². The maximum atomic E-state index is 11.8. The Morgan fingerprint density at radius 2 is 1.86 bits per heavy atom. The Hall–Kier alpha value is -1.26. The van der Waals surface area contributed by atoms with E-state index in [2.05, 4.69) is 17.6 Å². The van der Waals surface area contributed by atoms with Gasteiger partial charge in [0.1, 0.15) is 0 Å². The van der Waals surface area contributed by atoms with Gasteiger partial charge < -0.3 is 15.7 Å². The first-order chi connectivity index (χ1) is 9.97. The van der Waals surface area contributed by atoms with Gasteiger partial charge in [0.2, 0.25) is 0 Å². The van der Waals surface area contributed by atoms with Gasteiger partial charge in [0, 0.05) is 19.5 Å². The minimum Gasteiger partial charge on any atom is -0.481 e. The van der Waals surface area contributed by atoms with Crippen molar-refractivity contribution in [1.29, 1.82) is 0 Å². The molecule has 0 bridgehead atoms. The average molecular weight is 298 g/mol. The van der Waals surface area contributed by atoms with Crippen molar-refractivity contribution in [3.05, 3.63) is 0 Å². The standard InChI is InChI=1S/C16H30N2O3/c1-3-16(9-4-5-10-16)12-18-15(21)17-11-8-13(2)6-7-14(19)20/h13H,3-12H2,1-2H3,(H,19,20)(H2,17,18,21). The predicted molar refractivity (Wildman–Crippen MR) is 83.2 cm³/mol. The van der Waals surface area contributed by atoms with Gasteiger partial charge in [-0.05, 0) is 43.4 Å². The molecule has 122 valence electrons. The van der Waals surface area contributed by atoms with E-state index < -0.39 is 5.97 Å². The first kappa shape index (κ1) is 17.8. The summed E-state index contributed by atoms with van der Waals surface area (Å²) in [6.45, 7) is 5.60. The van der Waals surface area contributed by atoms with Crippen molar-refractivity contribution in [2.45, 2.75) is 65.2 Å². The summed E-state index contributed by atoms with van der Waals surface area (Å²) in [5.41, 5.74) is 0.312. The molecule has 1 unspecified atom stereocenters. The Morgan fingerprint density at radius 1 is 1.19 bits per heavy atom. The molecule has 0 aromatic carbocycles. The quantitative estimate of drug-likeness (QED) is 0.612. The van der Waals surface area contributed by atoms with Crippen LogP contribution in [0.2, 0.25) is 0 Å². The van der Waals surface area contributed by atoms with E-state index in [1.54, 1.807) is 0 Å². The molecule has 0 heterocycles. The van der Waals surface area contributed by atoms with Crippen LogP contribution in [0.1, 0.15) is 65.2 Å². The highest BCUT2D eigenvalue weighted by molar-refractivity contribution is 5.73. The number of carboxylic acid groups (broad SMARTS) is 1. The van der Waals surface area contributed by atoms with E-state index in [-0.39, 0.29) is 12.5 Å². The number of nitrogens with one attached hydrogen (secondary N) is 2. The predicted octanol–water partition coefficient (Wildman–Crippen LogP) is 3.15. The van der Waals surface area contributed by atoms with E-state index in [1.165, 1.54) is 25.7 Å². The van der Waals surface area contributed by atoms with Gasteiger partial charge in [-0.3, -0.25) is 4.79 Å². The second-order valence-electron chi connectivity index (χ2n) is 6.50. The largest absolute Gasteiger partial charge is 0.481 e. The molecule has 21 heavy (non-hydrogen) atoms. The van der Waals surface area contributed by atoms with E-state index in [0.717, 1.165) is 19.4 Å². The SMILES string of the molecule is CCC1(CNC(=O)NCCC(C)CCC(=O)O)CCCC1. The molecular formula is C16H30N2O3. The monoisotopic (exact) mass is 298 g/mol. The van der Waals surface area contributed by atoms with Crippen LogP contribution in [0.4, 0.5) is 4.79 Å². The van der Waals surface area contributed by atoms with Crippen LogP contribution in [0, 0.1) is 11.3 Å². The molecule has 1 aliphatic carbocycles. The van der Waals surface area contributed by atoms with E-state index in [4.69, 9.17) is 5.11 Å². The number of amides is 2. The lowest BCUT2D eigenvalue weighted by molar-refractivity contribution is -0.137. The first-order valence-corrected chi connectivity index (χ1v) is 8.21. The number of hydrogen-bond donors (Lipinski definition) is 3. The van der Waals surface area contributed by atoms with Crippen LogP contribution in [-0.4, -0.2) is 30.2 Å². The van der Waals surface area contributed by atoms with Crippen molar-refractivity contribution in [3.63, 3.8) is 0 Å². The van der Waals surface area contributed by atoms with E-state index in [1.807, 2.05) is 6.92 Å². The summed E-state index contributed by atoms with van der Waals surface area (Å²) in [6, 6.07) is -0.0971. The molecule has 0 aromatic heterocycles. The fourth-order valence-corrected chi connectivity index (χ4v) is 3.06. The summed E-state index contributed by atoms with van der Waals surface area (Å²) in [7, 11) is 0. The Kier molecular flexibility index (Phi) is 7.54. The number of carboxylic acids is 1. The number of aliphatic carboxylic acids is 1. The van der Waals surface area contributed by atoms with Gasteiger partial charge in [0.25, 0.3) is 0 Å². The van der Waals surface area contributed by atoms with Crippen LogP contribution in [0.3, 0.4) is 0 Å². The van der Waals surface area contributed by atoms with E-state index >= 15 is 0 Å². The molecule has 1 fully saturated rings. The summed E-state index contributed by atoms with van der Waals surface area (Å²) >= 11 is 0. The molecule has 0 aromatic rings. The molecule has 0 radical (unpaired) electrons. The number of rotatable bonds is 9. The van der Waals surface area contributed by atoms with Crippen molar-refractivity contribution in [3.8, 4) is 0 Å². The van der Waals surface area contributed by atoms with Crippen molar-refractivity contribution in [2.75, 3.05) is 13.1 Å². The third-order valence-electron chi connectivity index (χ3n) is 4.81. The number of carbonyl (C=O) groups is 2. The molecule has 3 N–H and O–H groups in total. The Bertz CT molecular complexity index is 338. The van der Waals surface area contributed by atoms with Crippen LogP contribution in [0.25, 0.3) is 0 Å². The highest BCUT2D eigenvalue weighted by Gasteiger charge is 2.32. The minimum absolute atomic E-state index is 0.0971. The highest BCUT2D eigenvalue weighted by atomic mass is 16.4. The smallest absolute Gasteiger partial charge is 0.314 e. The summed E-state index contributed by atoms with van der Waals surface area (Å²) in [5, 5.41) is 14.5. The summed E-state index contributed by atoms with van der Waals surface area (Å²) in [5.74, 6) is -0.438. The molecule has 1 rings (SSSR count). The summed E-state index contributed by atoms with van der Waals surface area (Å²) < 4.78 is 0. The van der Waals surface area contributed by atoms with Crippen LogP contribution in [0.5, 0.6) is 0 Å². The van der Waals surface area contributed by atoms with Crippen LogP contribution in [0.15, 0.2) is 0 Å². The number of carbonyl (C=O) groups excluding carboxylic acids is 1. The maximum absolute atomic E-state index is 11.8. The van der Waals surface area contributed by atoms with Crippen LogP contribution in [-0.2, 0) is 4.79 Å². The minimum atomic E-state index is -0.756. The number of urea groups is 1. The van der Waals surface area contributed by atoms with E-state index in [9.17, 15) is 9.59 Å². The van der Waals surface area contributed by atoms with Gasteiger partial charge in [-0.15, -0.1) is 0 Å². The maximum Gasteiger partial charge on any atom is 0.314 e. The van der Waals surface area contributed by atoms with Gasteiger partial charge in [-0.1, -0.05) is 26.7 Å². The van der Waals surface area contributed by atoms with Gasteiger partial charge in [-0.2, -0.15) is 0 Å². The molecule has 1 aliphatic rings. The Morgan fingerprint density at radius 3 is 2.43 bits per heavy atom. The van der Waals surface area contributed by atoms with Gasteiger partial charge in [0.05, 0.1) is 0 Å². The summed E-state index contributed by atoms with van der Waals surface area (Å²) in [6.07, 6.45) is 7.80. The molecule has 0 aliphatic heterocycles. The zero-order valence-electron chi connectivity index (χ0n) is 13.4. The van der Waals surface area contributed by atoms with E-state index in [0.29, 0.717) is 24.3 Å². The second-order valence-corrected chi connectivity index (χ2v) is 6.50. The van der Waals surface area contributed by atoms with Crippen LogP contribution >= 0.6 is 0 Å². The molecular weight excluding hydrogens is 268 g/mol. The van der Waals surface area contributed by atoms with Gasteiger partial charge >= 0.3 is 12.0 Å². The van der Waals surface area contributed by atoms with Gasteiger partial charge in [0.15, 0.2) is 0 Å². The molecule has 5 heteroatoms. The van der Waals surface area contributed by atoms with Crippen LogP contribution < -0.4 is 10.6 Å². The molecule has 2 amide bonds. The molecule has 1 saturated carbocycles. The van der Waals surface area contributed by atoms with Crippen molar-refractivity contribution >= 4 is 12.0 Å². The normalized spacial score (nSPS) is 18.2. The highest BCUT2D eigenvalue weighted by Crippen LogP contribution is 2.40. The lowest BCUT2D eigenvalue weighted by Gasteiger charge is -2.27. The fraction of sp³-hybridized carbons (Fsp3) is 0.875. The topological polar surface area (TPSA) is 78.4 Å². The third-order valence-corrected chi connectivity index (χ3v) is 4.81. The zero-order valence-corrected chi connectivity index (χ0v) is 13.4. The third kappa shape index (κ3) is 6.82. The fourth-order valence-electron chi connectivity index (χ4n) is 3.06. The molecule has 0 saturated heterocycles. The van der Waals surface area contributed by atoms with Gasteiger partial charge in [-0.25, -0.2) is 4.79 Å². The molecule has 1 atom stereocenters. The van der Waals surface area contributed by atoms with Crippen molar-refractivity contribution in [1.82, 2.24) is 10.6 Å². The number of hydrogen-bond acceptors (Lipinski definition) is 2. The average Bonchev–Trinajstić information content (AvgIpc) is 2.92. The lowest BCUT2D eigenvalue weighted by Crippen LogP contribution is -2.42. The summed E-state index contributed by atoms with van der Waals surface area (Å²) in [4.78, 5) is 22.3.